The van der Waals surface area contributed by atoms with Crippen LogP contribution in [0.25, 0.3) is 0 Å². The average molecular weight is 423 g/mol. The number of carbonyl (C=O) groups excluding carboxylic acids is 1. The molecule has 0 spiro atoms. The number of aryl methyl sites for hydroxylation is 2. The maximum atomic E-state index is 12.7. The first-order valence-electron chi connectivity index (χ1n) is 6.70. The van der Waals surface area contributed by atoms with Gasteiger partial charge in [-0.25, -0.2) is 4.79 Å². The maximum Gasteiger partial charge on any atom is 0.417 e. The van der Waals surface area contributed by atoms with Gasteiger partial charge in [0.25, 0.3) is 0 Å². The number of anilines is 1. The van der Waals surface area contributed by atoms with Crippen LogP contribution in [0.3, 0.4) is 0 Å². The topological polar surface area (TPSA) is 38.3 Å². The third-order valence-electron chi connectivity index (χ3n) is 3.28. The predicted octanol–water partition coefficient (Wildman–Crippen LogP) is 6.35. The van der Waals surface area contributed by atoms with Gasteiger partial charge in [0.1, 0.15) is 5.75 Å². The zero-order valence-electron chi connectivity index (χ0n) is 12.6. The second-order valence-electron chi connectivity index (χ2n) is 5.07. The first kappa shape index (κ1) is 18.6. The van der Waals surface area contributed by atoms with Gasteiger partial charge < -0.3 is 4.74 Å². The summed E-state index contributed by atoms with van der Waals surface area (Å²) in [5, 5.41) is 2.19. The minimum atomic E-state index is -4.54. The molecule has 128 valence electrons. The molecule has 2 aromatic carbocycles. The Hall–Kier alpha value is -1.73. The van der Waals surface area contributed by atoms with Crippen LogP contribution in [0.15, 0.2) is 34.8 Å². The second-order valence-corrected chi connectivity index (χ2v) is 6.34. The molecule has 0 saturated carbocycles. The van der Waals surface area contributed by atoms with Gasteiger partial charge in [-0.05, 0) is 71.2 Å². The Morgan fingerprint density at radius 1 is 1.17 bits per heavy atom. The summed E-state index contributed by atoms with van der Waals surface area (Å²) in [4.78, 5) is 11.9. The van der Waals surface area contributed by atoms with E-state index < -0.39 is 17.8 Å². The van der Waals surface area contributed by atoms with Gasteiger partial charge in [-0.2, -0.15) is 13.2 Å². The number of alkyl halides is 3. The summed E-state index contributed by atoms with van der Waals surface area (Å²) in [5.74, 6) is 0.249. The van der Waals surface area contributed by atoms with E-state index in [4.69, 9.17) is 16.3 Å². The summed E-state index contributed by atoms with van der Waals surface area (Å²) >= 11 is 9.09. The van der Waals surface area contributed by atoms with Crippen LogP contribution in [0, 0.1) is 13.8 Å². The number of hydrogen-bond donors (Lipinski definition) is 1. The molecule has 2 rings (SSSR count). The molecule has 0 atom stereocenters. The van der Waals surface area contributed by atoms with E-state index in [0.29, 0.717) is 4.47 Å². The second kappa shape index (κ2) is 7.03. The van der Waals surface area contributed by atoms with Gasteiger partial charge in [0.15, 0.2) is 0 Å². The lowest BCUT2D eigenvalue weighted by Gasteiger charge is -2.13. The highest BCUT2D eigenvalue weighted by Gasteiger charge is 2.31. The van der Waals surface area contributed by atoms with Gasteiger partial charge >= 0.3 is 12.3 Å². The van der Waals surface area contributed by atoms with Crippen molar-refractivity contribution in [1.82, 2.24) is 0 Å². The molecule has 0 fully saturated rings. The lowest BCUT2D eigenvalue weighted by atomic mass is 10.1. The summed E-state index contributed by atoms with van der Waals surface area (Å²) in [5.41, 5.74) is 0.791. The molecule has 1 amide bonds. The van der Waals surface area contributed by atoms with E-state index in [1.807, 2.05) is 13.8 Å². The van der Waals surface area contributed by atoms with E-state index in [-0.39, 0.29) is 16.5 Å². The molecule has 0 bridgehead atoms. The molecule has 0 saturated heterocycles. The van der Waals surface area contributed by atoms with E-state index in [2.05, 4.69) is 21.2 Å². The van der Waals surface area contributed by atoms with E-state index in [0.717, 1.165) is 29.3 Å². The maximum absolute atomic E-state index is 12.7. The minimum absolute atomic E-state index is 0.0286. The van der Waals surface area contributed by atoms with Crippen molar-refractivity contribution in [3.05, 3.63) is 56.5 Å². The van der Waals surface area contributed by atoms with Crippen molar-refractivity contribution in [2.75, 3.05) is 5.32 Å². The van der Waals surface area contributed by atoms with Crippen LogP contribution in [0.5, 0.6) is 5.75 Å². The van der Waals surface area contributed by atoms with Gasteiger partial charge in [0.2, 0.25) is 0 Å². The Balaban J connectivity index is 2.20. The van der Waals surface area contributed by atoms with Crippen molar-refractivity contribution < 1.29 is 22.7 Å². The van der Waals surface area contributed by atoms with E-state index in [1.54, 1.807) is 12.1 Å². The Morgan fingerprint density at radius 3 is 2.42 bits per heavy atom. The standard InChI is InChI=1S/C16H12BrClF3NO2/c1-8-5-11(17)14(6-9(8)2)24-15(23)22-13-7-10(16(19,20)21)3-4-12(13)18/h3-7H,1-2H3,(H,22,23). The fourth-order valence-corrected chi connectivity index (χ4v) is 2.57. The van der Waals surface area contributed by atoms with Crippen LogP contribution >= 0.6 is 27.5 Å². The minimum Gasteiger partial charge on any atom is -0.409 e. The van der Waals surface area contributed by atoms with E-state index in [9.17, 15) is 18.0 Å². The molecule has 0 radical (unpaired) electrons. The van der Waals surface area contributed by atoms with Crippen LogP contribution in [0.4, 0.5) is 23.7 Å². The molecular formula is C16H12BrClF3NO2. The van der Waals surface area contributed by atoms with Gasteiger partial charge in [-0.1, -0.05) is 11.6 Å². The Labute approximate surface area is 149 Å². The van der Waals surface area contributed by atoms with Crippen LogP contribution in [0.1, 0.15) is 16.7 Å². The lowest BCUT2D eigenvalue weighted by Crippen LogP contribution is -2.18. The van der Waals surface area contributed by atoms with Gasteiger partial charge in [0.05, 0.1) is 20.7 Å². The zero-order valence-corrected chi connectivity index (χ0v) is 14.9. The zero-order chi connectivity index (χ0) is 18.1. The molecule has 2 aromatic rings. The Kier molecular flexibility index (Phi) is 5.45. The molecule has 0 aliphatic carbocycles. The lowest BCUT2D eigenvalue weighted by molar-refractivity contribution is -0.137. The number of ether oxygens (including phenoxy) is 1. The third-order valence-corrected chi connectivity index (χ3v) is 4.23. The SMILES string of the molecule is Cc1cc(Br)c(OC(=O)Nc2cc(C(F)(F)F)ccc2Cl)cc1C. The van der Waals surface area contributed by atoms with Crippen LogP contribution in [0.2, 0.25) is 5.02 Å². The highest BCUT2D eigenvalue weighted by Crippen LogP contribution is 2.34. The van der Waals surface area contributed by atoms with Crippen LogP contribution in [-0.2, 0) is 6.18 Å². The number of rotatable bonds is 2. The van der Waals surface area contributed by atoms with Crippen molar-refractivity contribution >= 4 is 39.3 Å². The number of benzene rings is 2. The van der Waals surface area contributed by atoms with Gasteiger partial charge in [0, 0.05) is 0 Å². The first-order chi connectivity index (χ1) is 11.1. The molecule has 0 aliphatic heterocycles. The molecule has 8 heteroatoms. The highest BCUT2D eigenvalue weighted by atomic mass is 79.9. The molecule has 0 aliphatic rings. The number of hydrogen-bond acceptors (Lipinski definition) is 2. The number of amides is 1. The first-order valence-corrected chi connectivity index (χ1v) is 7.87. The van der Waals surface area contributed by atoms with Crippen molar-refractivity contribution in [2.45, 2.75) is 20.0 Å². The molecular weight excluding hydrogens is 411 g/mol. The Bertz CT molecular complexity index is 794. The largest absolute Gasteiger partial charge is 0.417 e. The fourth-order valence-electron chi connectivity index (χ4n) is 1.87. The fraction of sp³-hybridized carbons (Fsp3) is 0.188. The Morgan fingerprint density at radius 2 is 1.79 bits per heavy atom. The monoisotopic (exact) mass is 421 g/mol. The third kappa shape index (κ3) is 4.42. The quantitative estimate of drug-likeness (QED) is 0.612. The number of nitrogens with one attached hydrogen (secondary N) is 1. The van der Waals surface area contributed by atoms with Crippen LogP contribution < -0.4 is 10.1 Å². The molecule has 0 heterocycles. The van der Waals surface area contributed by atoms with Crippen molar-refractivity contribution in [2.24, 2.45) is 0 Å². The normalized spacial score (nSPS) is 11.3. The smallest absolute Gasteiger partial charge is 0.409 e. The van der Waals surface area contributed by atoms with Crippen LogP contribution in [-0.4, -0.2) is 6.09 Å². The van der Waals surface area contributed by atoms with Crippen molar-refractivity contribution in [3.8, 4) is 5.75 Å². The predicted molar refractivity (Wildman–Crippen MR) is 89.7 cm³/mol. The summed E-state index contributed by atoms with van der Waals surface area (Å²) in [6.07, 6.45) is -5.48. The number of carbonyl (C=O) groups is 1. The highest BCUT2D eigenvalue weighted by molar-refractivity contribution is 9.10. The summed E-state index contributed by atoms with van der Waals surface area (Å²) in [6.45, 7) is 3.74. The summed E-state index contributed by atoms with van der Waals surface area (Å²) < 4.78 is 43.9. The molecule has 24 heavy (non-hydrogen) atoms. The summed E-state index contributed by atoms with van der Waals surface area (Å²) in [7, 11) is 0. The molecule has 0 unspecified atom stereocenters. The average Bonchev–Trinajstić information content (AvgIpc) is 2.46. The molecule has 0 aromatic heterocycles. The molecule has 1 N–H and O–H groups in total. The molecule has 3 nitrogen and oxygen atoms in total. The summed E-state index contributed by atoms with van der Waals surface area (Å²) in [6, 6.07) is 6.06. The van der Waals surface area contributed by atoms with Gasteiger partial charge in [-0.15, -0.1) is 0 Å². The van der Waals surface area contributed by atoms with Crippen molar-refractivity contribution in [3.63, 3.8) is 0 Å². The van der Waals surface area contributed by atoms with E-state index >= 15 is 0 Å². The van der Waals surface area contributed by atoms with Crippen molar-refractivity contribution in [1.29, 1.82) is 0 Å². The number of halogens is 5. The van der Waals surface area contributed by atoms with Gasteiger partial charge in [-0.3, -0.25) is 5.32 Å². The van der Waals surface area contributed by atoms with E-state index in [1.165, 1.54) is 0 Å².